The van der Waals surface area contributed by atoms with Crippen molar-refractivity contribution in [3.63, 3.8) is 0 Å². The normalized spacial score (nSPS) is 26.5. The molecule has 0 spiro atoms. The Hall–Kier alpha value is -1.36. The van der Waals surface area contributed by atoms with Crippen molar-refractivity contribution < 1.29 is 4.79 Å². The van der Waals surface area contributed by atoms with Gasteiger partial charge in [0.25, 0.3) is 0 Å². The predicted octanol–water partition coefficient (Wildman–Crippen LogP) is 1.53. The minimum atomic E-state index is -0.344. The number of hydrogen-bond acceptors (Lipinski definition) is 3. The molecule has 0 aliphatic heterocycles. The van der Waals surface area contributed by atoms with Gasteiger partial charge in [-0.1, -0.05) is 6.92 Å². The SMILES string of the molecule is CC1CCC(CN)(C(=O)N(C)Cc2cnn(C)c2)CC1. The number of carbonyl (C=O) groups is 1. The molecule has 0 unspecified atom stereocenters. The van der Waals surface area contributed by atoms with Crippen molar-refractivity contribution in [2.24, 2.45) is 24.1 Å². The van der Waals surface area contributed by atoms with E-state index in [4.69, 9.17) is 5.73 Å². The van der Waals surface area contributed by atoms with Crippen molar-refractivity contribution in [1.82, 2.24) is 14.7 Å². The van der Waals surface area contributed by atoms with E-state index in [0.717, 1.165) is 31.2 Å². The van der Waals surface area contributed by atoms with Gasteiger partial charge in [-0.05, 0) is 31.6 Å². The summed E-state index contributed by atoms with van der Waals surface area (Å²) < 4.78 is 1.76. The Morgan fingerprint density at radius 3 is 2.70 bits per heavy atom. The lowest BCUT2D eigenvalue weighted by atomic mass is 9.70. The lowest BCUT2D eigenvalue weighted by Gasteiger charge is -2.39. The minimum Gasteiger partial charge on any atom is -0.341 e. The highest BCUT2D eigenvalue weighted by atomic mass is 16.2. The zero-order valence-electron chi connectivity index (χ0n) is 12.8. The summed E-state index contributed by atoms with van der Waals surface area (Å²) in [6, 6.07) is 0. The molecule has 1 aliphatic rings. The highest BCUT2D eigenvalue weighted by Crippen LogP contribution is 2.39. The molecule has 1 saturated carbocycles. The van der Waals surface area contributed by atoms with E-state index < -0.39 is 0 Å². The number of carbonyl (C=O) groups excluding carboxylic acids is 1. The third-order valence-electron chi connectivity index (χ3n) is 4.60. The van der Waals surface area contributed by atoms with Crippen LogP contribution in [0.25, 0.3) is 0 Å². The van der Waals surface area contributed by atoms with Gasteiger partial charge in [0.2, 0.25) is 5.91 Å². The number of rotatable bonds is 4. The quantitative estimate of drug-likeness (QED) is 0.908. The minimum absolute atomic E-state index is 0.191. The van der Waals surface area contributed by atoms with Gasteiger partial charge in [-0.15, -0.1) is 0 Å². The smallest absolute Gasteiger partial charge is 0.230 e. The molecule has 0 saturated heterocycles. The molecular formula is C15H26N4O. The monoisotopic (exact) mass is 278 g/mol. The van der Waals surface area contributed by atoms with Crippen LogP contribution in [0.15, 0.2) is 12.4 Å². The summed E-state index contributed by atoms with van der Waals surface area (Å²) in [7, 11) is 3.75. The summed E-state index contributed by atoms with van der Waals surface area (Å²) in [6.45, 7) is 3.31. The van der Waals surface area contributed by atoms with Crippen LogP contribution in [-0.2, 0) is 18.4 Å². The van der Waals surface area contributed by atoms with Crippen LogP contribution >= 0.6 is 0 Å². The molecule has 1 heterocycles. The maximum Gasteiger partial charge on any atom is 0.230 e. The van der Waals surface area contributed by atoms with Crippen molar-refractivity contribution in [2.75, 3.05) is 13.6 Å². The molecule has 2 N–H and O–H groups in total. The van der Waals surface area contributed by atoms with Crippen molar-refractivity contribution in [2.45, 2.75) is 39.2 Å². The first-order chi connectivity index (χ1) is 9.47. The second-order valence-corrected chi connectivity index (χ2v) is 6.35. The highest BCUT2D eigenvalue weighted by molar-refractivity contribution is 5.83. The van der Waals surface area contributed by atoms with Crippen LogP contribution in [-0.4, -0.2) is 34.2 Å². The molecule has 1 aromatic rings. The Bertz CT molecular complexity index is 460. The first kappa shape index (κ1) is 15.0. The largest absolute Gasteiger partial charge is 0.341 e. The average molecular weight is 278 g/mol. The fourth-order valence-corrected chi connectivity index (χ4v) is 3.12. The zero-order valence-corrected chi connectivity index (χ0v) is 12.8. The molecule has 5 heteroatoms. The Labute approximate surface area is 121 Å². The number of nitrogens with two attached hydrogens (primary N) is 1. The summed E-state index contributed by atoms with van der Waals surface area (Å²) in [5, 5.41) is 4.14. The number of nitrogens with zero attached hydrogens (tertiary/aromatic N) is 3. The van der Waals surface area contributed by atoms with Gasteiger partial charge in [0.1, 0.15) is 0 Å². The standard InChI is InChI=1S/C15H26N4O/c1-12-4-6-15(11-16,7-5-12)14(20)18(2)9-13-8-17-19(3)10-13/h8,10,12H,4-7,9,11,16H2,1-3H3. The third-order valence-corrected chi connectivity index (χ3v) is 4.60. The van der Waals surface area contributed by atoms with E-state index in [1.54, 1.807) is 9.58 Å². The lowest BCUT2D eigenvalue weighted by Crippen LogP contribution is -2.48. The lowest BCUT2D eigenvalue weighted by molar-refractivity contribution is -0.143. The second-order valence-electron chi connectivity index (χ2n) is 6.35. The highest BCUT2D eigenvalue weighted by Gasteiger charge is 2.41. The summed E-state index contributed by atoms with van der Waals surface area (Å²) in [5.41, 5.74) is 6.67. The molecule has 5 nitrogen and oxygen atoms in total. The average Bonchev–Trinajstić information content (AvgIpc) is 2.84. The first-order valence-electron chi connectivity index (χ1n) is 7.40. The maximum atomic E-state index is 12.8. The molecule has 0 atom stereocenters. The zero-order chi connectivity index (χ0) is 14.8. The molecule has 0 aromatic carbocycles. The molecular weight excluding hydrogens is 252 g/mol. The summed E-state index contributed by atoms with van der Waals surface area (Å²) in [6.07, 6.45) is 7.79. The van der Waals surface area contributed by atoms with Gasteiger partial charge >= 0.3 is 0 Å². The van der Waals surface area contributed by atoms with E-state index in [9.17, 15) is 4.79 Å². The molecule has 1 aromatic heterocycles. The Morgan fingerprint density at radius 1 is 1.55 bits per heavy atom. The van der Waals surface area contributed by atoms with E-state index >= 15 is 0 Å². The van der Waals surface area contributed by atoms with Gasteiger partial charge in [-0.2, -0.15) is 5.10 Å². The van der Waals surface area contributed by atoms with Crippen LogP contribution in [0.4, 0.5) is 0 Å². The number of aryl methyl sites for hydroxylation is 1. The fraction of sp³-hybridized carbons (Fsp3) is 0.733. The number of aromatic nitrogens is 2. The molecule has 0 bridgehead atoms. The van der Waals surface area contributed by atoms with E-state index in [1.165, 1.54) is 0 Å². The molecule has 20 heavy (non-hydrogen) atoms. The van der Waals surface area contributed by atoms with Gasteiger partial charge < -0.3 is 10.6 Å². The van der Waals surface area contributed by atoms with Crippen LogP contribution in [0, 0.1) is 11.3 Å². The van der Waals surface area contributed by atoms with Gasteiger partial charge in [0, 0.05) is 38.9 Å². The molecule has 112 valence electrons. The Morgan fingerprint density at radius 2 is 2.20 bits per heavy atom. The maximum absolute atomic E-state index is 12.8. The van der Waals surface area contributed by atoms with Crippen LogP contribution in [0.5, 0.6) is 0 Å². The van der Waals surface area contributed by atoms with E-state index in [2.05, 4.69) is 12.0 Å². The molecule has 0 radical (unpaired) electrons. The second kappa shape index (κ2) is 5.95. The van der Waals surface area contributed by atoms with Crippen LogP contribution in [0.1, 0.15) is 38.2 Å². The molecule has 1 fully saturated rings. The van der Waals surface area contributed by atoms with Gasteiger partial charge in [-0.3, -0.25) is 9.48 Å². The molecule has 1 amide bonds. The van der Waals surface area contributed by atoms with Crippen molar-refractivity contribution in [1.29, 1.82) is 0 Å². The van der Waals surface area contributed by atoms with Crippen molar-refractivity contribution in [3.05, 3.63) is 18.0 Å². The summed E-state index contributed by atoms with van der Waals surface area (Å²) in [5.74, 6) is 0.904. The van der Waals surface area contributed by atoms with Gasteiger partial charge in [0.05, 0.1) is 11.6 Å². The van der Waals surface area contributed by atoms with E-state index in [0.29, 0.717) is 19.0 Å². The van der Waals surface area contributed by atoms with Gasteiger partial charge in [0.15, 0.2) is 0 Å². The molecule has 1 aliphatic carbocycles. The van der Waals surface area contributed by atoms with Crippen molar-refractivity contribution >= 4 is 5.91 Å². The molecule has 2 rings (SSSR count). The first-order valence-corrected chi connectivity index (χ1v) is 7.40. The Kier molecular flexibility index (Phi) is 4.48. The van der Waals surface area contributed by atoms with Crippen LogP contribution in [0.2, 0.25) is 0 Å². The summed E-state index contributed by atoms with van der Waals surface area (Å²) in [4.78, 5) is 14.6. The fourth-order valence-electron chi connectivity index (χ4n) is 3.12. The van der Waals surface area contributed by atoms with Crippen molar-refractivity contribution in [3.8, 4) is 0 Å². The van der Waals surface area contributed by atoms with E-state index in [-0.39, 0.29) is 11.3 Å². The predicted molar refractivity (Wildman–Crippen MR) is 78.8 cm³/mol. The number of hydrogen-bond donors (Lipinski definition) is 1. The van der Waals surface area contributed by atoms with Crippen LogP contribution in [0.3, 0.4) is 0 Å². The Balaban J connectivity index is 2.04. The van der Waals surface area contributed by atoms with Gasteiger partial charge in [-0.25, -0.2) is 0 Å². The third kappa shape index (κ3) is 3.03. The van der Waals surface area contributed by atoms with Crippen LogP contribution < -0.4 is 5.73 Å². The topological polar surface area (TPSA) is 64.2 Å². The summed E-state index contributed by atoms with van der Waals surface area (Å²) >= 11 is 0. The van der Waals surface area contributed by atoms with E-state index in [1.807, 2.05) is 26.5 Å². The number of amides is 1.